The van der Waals surface area contributed by atoms with Crippen LogP contribution in [0, 0.1) is 0 Å². The molecule has 1 aromatic carbocycles. The van der Waals surface area contributed by atoms with Crippen molar-refractivity contribution in [2.45, 2.75) is 25.8 Å². The molecule has 0 radical (unpaired) electrons. The molecule has 3 nitrogen and oxygen atoms in total. The first-order valence-electron chi connectivity index (χ1n) is 7.42. The molecule has 20 heavy (non-hydrogen) atoms. The van der Waals surface area contributed by atoms with Crippen LogP contribution in [-0.4, -0.2) is 38.2 Å². The topological polar surface area (TPSA) is 24.5 Å². The Hall–Kier alpha value is -1.32. The minimum Gasteiger partial charge on any atom is -0.496 e. The molecule has 0 unspecified atom stereocenters. The van der Waals surface area contributed by atoms with E-state index in [-0.39, 0.29) is 6.04 Å². The van der Waals surface area contributed by atoms with Crippen LogP contribution >= 0.6 is 0 Å². The van der Waals surface area contributed by atoms with Gasteiger partial charge >= 0.3 is 0 Å². The van der Waals surface area contributed by atoms with Gasteiger partial charge in [0.15, 0.2) is 0 Å². The molecule has 0 amide bonds. The molecule has 1 atom stereocenters. The molecule has 1 heterocycles. The third-order valence-corrected chi connectivity index (χ3v) is 4.01. The first-order chi connectivity index (χ1) is 9.67. The van der Waals surface area contributed by atoms with Gasteiger partial charge in [-0.3, -0.25) is 4.90 Å². The van der Waals surface area contributed by atoms with Gasteiger partial charge in [-0.1, -0.05) is 26.0 Å². The maximum Gasteiger partial charge on any atom is 0.123 e. The zero-order valence-corrected chi connectivity index (χ0v) is 12.9. The number of hydrogen-bond donors (Lipinski definition) is 1. The Labute approximate surface area is 122 Å². The zero-order chi connectivity index (χ0) is 14.5. The second kappa shape index (κ2) is 6.91. The van der Waals surface area contributed by atoms with E-state index >= 15 is 0 Å². The molecule has 1 aliphatic rings. The van der Waals surface area contributed by atoms with Crippen LogP contribution in [0.1, 0.15) is 36.9 Å². The van der Waals surface area contributed by atoms with Gasteiger partial charge in [-0.15, -0.1) is 6.58 Å². The predicted molar refractivity (Wildman–Crippen MR) is 84.5 cm³/mol. The van der Waals surface area contributed by atoms with Gasteiger partial charge in [0, 0.05) is 31.7 Å². The Balaban J connectivity index is 2.35. The van der Waals surface area contributed by atoms with Crippen molar-refractivity contribution in [3.8, 4) is 5.75 Å². The largest absolute Gasteiger partial charge is 0.496 e. The van der Waals surface area contributed by atoms with Crippen LogP contribution in [0.15, 0.2) is 30.9 Å². The van der Waals surface area contributed by atoms with Crippen molar-refractivity contribution in [2.24, 2.45) is 0 Å². The number of nitrogens with one attached hydrogen (secondary N) is 1. The number of ether oxygens (including phenoxy) is 1. The molecule has 3 heteroatoms. The van der Waals surface area contributed by atoms with E-state index in [0.717, 1.165) is 31.9 Å². The standard InChI is InChI=1S/C17H26N2O/c1-5-16(19-10-8-18-9-11-19)15-12-14(13(2)3)6-7-17(15)20-4/h5-7,12-13,16,18H,1,8-11H2,2-4H3/t16-/m0/s1. The molecular weight excluding hydrogens is 248 g/mol. The molecule has 0 spiro atoms. The summed E-state index contributed by atoms with van der Waals surface area (Å²) in [5.74, 6) is 1.48. The third-order valence-electron chi connectivity index (χ3n) is 4.01. The maximum atomic E-state index is 5.56. The molecule has 1 saturated heterocycles. The van der Waals surface area contributed by atoms with Gasteiger partial charge in [-0.05, 0) is 23.6 Å². The Bertz CT molecular complexity index is 450. The highest BCUT2D eigenvalue weighted by Crippen LogP contribution is 2.33. The normalized spacial score (nSPS) is 18.0. The number of methoxy groups -OCH3 is 1. The van der Waals surface area contributed by atoms with Gasteiger partial charge in [0.2, 0.25) is 0 Å². The molecule has 0 aromatic heterocycles. The van der Waals surface area contributed by atoms with Crippen molar-refractivity contribution < 1.29 is 4.74 Å². The molecule has 1 N–H and O–H groups in total. The molecule has 0 aliphatic carbocycles. The average molecular weight is 274 g/mol. The molecule has 110 valence electrons. The average Bonchev–Trinajstić information content (AvgIpc) is 2.49. The van der Waals surface area contributed by atoms with E-state index < -0.39 is 0 Å². The van der Waals surface area contributed by atoms with Crippen LogP contribution in [-0.2, 0) is 0 Å². The minimum absolute atomic E-state index is 0.228. The molecule has 1 aliphatic heterocycles. The summed E-state index contributed by atoms with van der Waals surface area (Å²) in [4.78, 5) is 2.46. The maximum absolute atomic E-state index is 5.56. The van der Waals surface area contributed by atoms with E-state index in [1.165, 1.54) is 11.1 Å². The molecule has 0 saturated carbocycles. The summed E-state index contributed by atoms with van der Waals surface area (Å²) in [6, 6.07) is 6.75. The van der Waals surface area contributed by atoms with Crippen LogP contribution in [0.3, 0.4) is 0 Å². The van der Waals surface area contributed by atoms with E-state index in [1.807, 2.05) is 6.08 Å². The van der Waals surface area contributed by atoms with Crippen molar-refractivity contribution in [3.05, 3.63) is 42.0 Å². The summed E-state index contributed by atoms with van der Waals surface area (Å²) in [5.41, 5.74) is 2.58. The van der Waals surface area contributed by atoms with Gasteiger partial charge in [-0.2, -0.15) is 0 Å². The summed E-state index contributed by atoms with van der Waals surface area (Å²) in [6.07, 6.45) is 2.04. The van der Waals surface area contributed by atoms with Crippen molar-refractivity contribution >= 4 is 0 Å². The van der Waals surface area contributed by atoms with Gasteiger partial charge < -0.3 is 10.1 Å². The Morgan fingerprint density at radius 2 is 2.00 bits per heavy atom. The summed E-state index contributed by atoms with van der Waals surface area (Å²) >= 11 is 0. The summed E-state index contributed by atoms with van der Waals surface area (Å²) in [6.45, 7) is 12.7. The first kappa shape index (κ1) is 15.1. The lowest BCUT2D eigenvalue weighted by Gasteiger charge is -2.34. The lowest BCUT2D eigenvalue weighted by Crippen LogP contribution is -2.44. The summed E-state index contributed by atoms with van der Waals surface area (Å²) in [5, 5.41) is 3.40. The number of piperazine rings is 1. The van der Waals surface area contributed by atoms with Crippen molar-refractivity contribution in [1.29, 1.82) is 0 Å². The van der Waals surface area contributed by atoms with Gasteiger partial charge in [-0.25, -0.2) is 0 Å². The van der Waals surface area contributed by atoms with Crippen LogP contribution in [0.4, 0.5) is 0 Å². The Kier molecular flexibility index (Phi) is 5.21. The summed E-state index contributed by atoms with van der Waals surface area (Å²) in [7, 11) is 1.74. The van der Waals surface area contributed by atoms with Crippen LogP contribution in [0.25, 0.3) is 0 Å². The molecule has 1 aromatic rings. The van der Waals surface area contributed by atoms with Crippen LogP contribution < -0.4 is 10.1 Å². The molecular formula is C17H26N2O. The quantitative estimate of drug-likeness (QED) is 0.836. The van der Waals surface area contributed by atoms with Gasteiger partial charge in [0.1, 0.15) is 5.75 Å². The predicted octanol–water partition coefficient (Wildman–Crippen LogP) is 2.95. The SMILES string of the molecule is C=C[C@@H](c1cc(C(C)C)ccc1OC)N1CCNCC1. The van der Waals surface area contributed by atoms with E-state index in [4.69, 9.17) is 4.74 Å². The fourth-order valence-electron chi connectivity index (χ4n) is 2.78. The zero-order valence-electron chi connectivity index (χ0n) is 12.9. The van der Waals surface area contributed by atoms with Crippen molar-refractivity contribution in [2.75, 3.05) is 33.3 Å². The summed E-state index contributed by atoms with van der Waals surface area (Å²) < 4.78 is 5.56. The highest BCUT2D eigenvalue weighted by Gasteiger charge is 2.22. The van der Waals surface area contributed by atoms with E-state index in [0.29, 0.717) is 5.92 Å². The fraction of sp³-hybridized carbons (Fsp3) is 0.529. The number of hydrogen-bond acceptors (Lipinski definition) is 3. The van der Waals surface area contributed by atoms with Crippen LogP contribution in [0.5, 0.6) is 5.75 Å². The molecule has 1 fully saturated rings. The third kappa shape index (κ3) is 3.22. The fourth-order valence-corrected chi connectivity index (χ4v) is 2.78. The van der Waals surface area contributed by atoms with Crippen LogP contribution in [0.2, 0.25) is 0 Å². The second-order valence-corrected chi connectivity index (χ2v) is 5.62. The molecule has 0 bridgehead atoms. The number of rotatable bonds is 5. The van der Waals surface area contributed by atoms with E-state index in [2.05, 4.69) is 48.8 Å². The Morgan fingerprint density at radius 3 is 2.55 bits per heavy atom. The highest BCUT2D eigenvalue weighted by atomic mass is 16.5. The molecule has 2 rings (SSSR count). The van der Waals surface area contributed by atoms with Gasteiger partial charge in [0.05, 0.1) is 13.2 Å². The lowest BCUT2D eigenvalue weighted by molar-refractivity contribution is 0.200. The Morgan fingerprint density at radius 1 is 1.30 bits per heavy atom. The monoisotopic (exact) mass is 274 g/mol. The van der Waals surface area contributed by atoms with Gasteiger partial charge in [0.25, 0.3) is 0 Å². The van der Waals surface area contributed by atoms with Crippen molar-refractivity contribution in [1.82, 2.24) is 10.2 Å². The van der Waals surface area contributed by atoms with Crippen molar-refractivity contribution in [3.63, 3.8) is 0 Å². The number of benzene rings is 1. The highest BCUT2D eigenvalue weighted by molar-refractivity contribution is 5.42. The minimum atomic E-state index is 0.228. The lowest BCUT2D eigenvalue weighted by atomic mass is 9.95. The smallest absolute Gasteiger partial charge is 0.123 e. The first-order valence-corrected chi connectivity index (χ1v) is 7.42. The van der Waals surface area contributed by atoms with E-state index in [1.54, 1.807) is 7.11 Å². The number of nitrogens with zero attached hydrogens (tertiary/aromatic N) is 1. The van der Waals surface area contributed by atoms with E-state index in [9.17, 15) is 0 Å². The second-order valence-electron chi connectivity index (χ2n) is 5.62.